The number of hydrogen-bond donors (Lipinski definition) is 8. The van der Waals surface area contributed by atoms with Gasteiger partial charge < -0.3 is 43.4 Å². The van der Waals surface area contributed by atoms with E-state index in [1.54, 1.807) is 12.1 Å². The Morgan fingerprint density at radius 2 is 1.42 bits per heavy atom. The highest BCUT2D eigenvalue weighted by atomic mass is 16.4. The Balaban J connectivity index is 2.95. The summed E-state index contributed by atoms with van der Waals surface area (Å²) in [6.45, 7) is 4.01. The van der Waals surface area contributed by atoms with Crippen LogP contribution in [-0.2, 0) is 30.4 Å². The Labute approximate surface area is 221 Å². The van der Waals surface area contributed by atoms with Crippen LogP contribution in [0.4, 0.5) is 0 Å². The first-order valence-electron chi connectivity index (χ1n) is 12.5. The summed E-state index contributed by atoms with van der Waals surface area (Å²) < 4.78 is 0. The number of unbranched alkanes of at least 4 members (excludes halogenated alkanes) is 1. The number of carboxylic acid groups (broad SMARTS) is 1. The molecule has 0 aliphatic carbocycles. The van der Waals surface area contributed by atoms with E-state index in [2.05, 4.69) is 16.0 Å². The van der Waals surface area contributed by atoms with Crippen LogP contribution in [0.25, 0.3) is 0 Å². The minimum atomic E-state index is -1.41. The second-order valence-corrected chi connectivity index (χ2v) is 9.58. The molecule has 1 aromatic carbocycles. The fourth-order valence-corrected chi connectivity index (χ4v) is 3.67. The zero-order chi connectivity index (χ0) is 28.8. The van der Waals surface area contributed by atoms with Gasteiger partial charge in [0, 0.05) is 0 Å². The van der Waals surface area contributed by atoms with E-state index in [1.165, 1.54) is 12.1 Å². The Bertz CT molecular complexity index is 954. The summed E-state index contributed by atoms with van der Waals surface area (Å²) >= 11 is 0. The molecular weight excluding hydrogens is 496 g/mol. The monoisotopic (exact) mass is 536 g/mol. The maximum absolute atomic E-state index is 13.0. The summed E-state index contributed by atoms with van der Waals surface area (Å²) in [5.41, 5.74) is 17.3. The highest BCUT2D eigenvalue weighted by Gasteiger charge is 2.31. The van der Waals surface area contributed by atoms with Gasteiger partial charge in [-0.15, -0.1) is 0 Å². The molecule has 0 fully saturated rings. The van der Waals surface area contributed by atoms with Crippen LogP contribution in [0.5, 0.6) is 5.75 Å². The van der Waals surface area contributed by atoms with E-state index in [-0.39, 0.29) is 30.9 Å². The molecule has 0 saturated heterocycles. The molecule has 0 heterocycles. The van der Waals surface area contributed by atoms with Crippen molar-refractivity contribution in [2.45, 2.75) is 76.5 Å². The number of carbonyl (C=O) groups is 5. The number of nitrogens with one attached hydrogen (secondary N) is 3. The molecule has 1 rings (SSSR count). The first-order valence-corrected chi connectivity index (χ1v) is 12.5. The maximum Gasteiger partial charge on any atom is 0.326 e. The lowest BCUT2D eigenvalue weighted by molar-refractivity contribution is -0.142. The second kappa shape index (κ2) is 16.2. The van der Waals surface area contributed by atoms with E-state index in [4.69, 9.17) is 17.2 Å². The van der Waals surface area contributed by atoms with Crippen molar-refractivity contribution >= 4 is 29.6 Å². The Morgan fingerprint density at radius 1 is 0.868 bits per heavy atom. The normalized spacial score (nSPS) is 14.1. The van der Waals surface area contributed by atoms with Crippen molar-refractivity contribution in [3.8, 4) is 5.75 Å². The Kier molecular flexibility index (Phi) is 13.8. The summed E-state index contributed by atoms with van der Waals surface area (Å²) in [6, 6.07) is 1.27. The molecule has 38 heavy (non-hydrogen) atoms. The number of aromatic hydroxyl groups is 1. The molecule has 0 aliphatic rings. The van der Waals surface area contributed by atoms with Gasteiger partial charge >= 0.3 is 5.97 Å². The molecule has 0 saturated carbocycles. The number of amides is 4. The fraction of sp³-hybridized carbons (Fsp3) is 0.560. The van der Waals surface area contributed by atoms with E-state index < -0.39 is 60.2 Å². The molecule has 0 spiro atoms. The van der Waals surface area contributed by atoms with Crippen LogP contribution in [0.3, 0.4) is 0 Å². The molecule has 212 valence electrons. The zero-order valence-corrected chi connectivity index (χ0v) is 21.8. The summed E-state index contributed by atoms with van der Waals surface area (Å²) in [5.74, 6) is -4.37. The van der Waals surface area contributed by atoms with E-state index in [1.807, 2.05) is 13.8 Å². The van der Waals surface area contributed by atoms with Crippen molar-refractivity contribution in [2.75, 3.05) is 6.54 Å². The zero-order valence-electron chi connectivity index (χ0n) is 21.8. The summed E-state index contributed by atoms with van der Waals surface area (Å²) in [4.78, 5) is 61.9. The lowest BCUT2D eigenvalue weighted by Gasteiger charge is -2.25. The topological polar surface area (TPSA) is 240 Å². The third-order valence-electron chi connectivity index (χ3n) is 5.67. The van der Waals surface area contributed by atoms with Gasteiger partial charge in [0.15, 0.2) is 0 Å². The van der Waals surface area contributed by atoms with Gasteiger partial charge in [-0.1, -0.05) is 26.0 Å². The van der Waals surface area contributed by atoms with Crippen LogP contribution >= 0.6 is 0 Å². The summed E-state index contributed by atoms with van der Waals surface area (Å²) in [5, 5.41) is 26.2. The minimum Gasteiger partial charge on any atom is -0.508 e. The number of aliphatic carboxylic acids is 1. The Hall–Kier alpha value is -3.71. The molecule has 4 atom stereocenters. The highest BCUT2D eigenvalue weighted by Crippen LogP contribution is 2.12. The number of carbonyl (C=O) groups excluding carboxylic acids is 4. The van der Waals surface area contributed by atoms with Gasteiger partial charge in [0.2, 0.25) is 23.6 Å². The standard InChI is InChI=1S/C25H40N6O7/c1-14(2)11-19(23(35)29-18(25(37)38)5-3-4-10-26)31-24(36)20(13-21(28)33)30-22(34)17(27)12-15-6-8-16(32)9-7-15/h6-9,14,17-20,32H,3-5,10-13,26-27H2,1-2H3,(H2,28,33)(H,29,35)(H,30,34)(H,31,36)(H,37,38). The van der Waals surface area contributed by atoms with Crippen LogP contribution in [0, 0.1) is 5.92 Å². The molecule has 4 amide bonds. The van der Waals surface area contributed by atoms with Crippen LogP contribution in [0.2, 0.25) is 0 Å². The van der Waals surface area contributed by atoms with E-state index in [0.29, 0.717) is 24.9 Å². The predicted molar refractivity (Wildman–Crippen MR) is 139 cm³/mol. The number of benzene rings is 1. The van der Waals surface area contributed by atoms with Crippen LogP contribution in [0.15, 0.2) is 24.3 Å². The van der Waals surface area contributed by atoms with Crippen LogP contribution < -0.4 is 33.2 Å². The molecule has 11 N–H and O–H groups in total. The maximum atomic E-state index is 13.0. The van der Waals surface area contributed by atoms with Gasteiger partial charge in [0.25, 0.3) is 0 Å². The first kappa shape index (κ1) is 32.3. The molecule has 1 aromatic rings. The van der Waals surface area contributed by atoms with Crippen molar-refractivity contribution in [1.29, 1.82) is 0 Å². The molecule has 13 heteroatoms. The summed E-state index contributed by atoms with van der Waals surface area (Å²) in [6.07, 6.45) is 0.970. The van der Waals surface area contributed by atoms with Crippen LogP contribution in [0.1, 0.15) is 51.5 Å². The number of rotatable bonds is 17. The smallest absolute Gasteiger partial charge is 0.326 e. The van der Waals surface area contributed by atoms with E-state index in [0.717, 1.165) is 0 Å². The lowest BCUT2D eigenvalue weighted by Crippen LogP contribution is -2.58. The predicted octanol–water partition coefficient (Wildman–Crippen LogP) is -1.15. The van der Waals surface area contributed by atoms with Crippen molar-refractivity contribution in [3.63, 3.8) is 0 Å². The van der Waals surface area contributed by atoms with Gasteiger partial charge in [0.05, 0.1) is 12.5 Å². The van der Waals surface area contributed by atoms with Crippen molar-refractivity contribution in [2.24, 2.45) is 23.1 Å². The molecule has 0 aromatic heterocycles. The number of carboxylic acids is 1. The molecular formula is C25H40N6O7. The first-order chi connectivity index (χ1) is 17.8. The third-order valence-corrected chi connectivity index (χ3v) is 5.67. The van der Waals surface area contributed by atoms with E-state index in [9.17, 15) is 34.2 Å². The fourth-order valence-electron chi connectivity index (χ4n) is 3.67. The SMILES string of the molecule is CC(C)CC(NC(=O)C(CC(N)=O)NC(=O)C(N)Cc1ccc(O)cc1)C(=O)NC(CCCCN)C(=O)O. The van der Waals surface area contributed by atoms with Crippen molar-refractivity contribution in [1.82, 2.24) is 16.0 Å². The van der Waals surface area contributed by atoms with E-state index >= 15 is 0 Å². The average Bonchev–Trinajstić information content (AvgIpc) is 2.83. The van der Waals surface area contributed by atoms with Crippen molar-refractivity contribution in [3.05, 3.63) is 29.8 Å². The van der Waals surface area contributed by atoms with Gasteiger partial charge in [-0.3, -0.25) is 19.2 Å². The van der Waals surface area contributed by atoms with Gasteiger partial charge in [0.1, 0.15) is 23.9 Å². The number of primary amides is 1. The van der Waals surface area contributed by atoms with Gasteiger partial charge in [-0.2, -0.15) is 0 Å². The largest absolute Gasteiger partial charge is 0.508 e. The Morgan fingerprint density at radius 3 is 1.95 bits per heavy atom. The second-order valence-electron chi connectivity index (χ2n) is 9.58. The molecule has 0 aliphatic heterocycles. The molecule has 13 nitrogen and oxygen atoms in total. The molecule has 4 unspecified atom stereocenters. The quantitative estimate of drug-likeness (QED) is 0.112. The highest BCUT2D eigenvalue weighted by molar-refractivity contribution is 5.96. The van der Waals surface area contributed by atoms with Gasteiger partial charge in [-0.05, 0) is 62.3 Å². The lowest BCUT2D eigenvalue weighted by atomic mass is 10.0. The minimum absolute atomic E-state index is 0.0511. The number of hydrogen-bond acceptors (Lipinski definition) is 8. The number of nitrogens with two attached hydrogens (primary N) is 3. The molecule has 0 bridgehead atoms. The molecule has 0 radical (unpaired) electrons. The summed E-state index contributed by atoms with van der Waals surface area (Å²) in [7, 11) is 0. The van der Waals surface area contributed by atoms with Gasteiger partial charge in [-0.25, -0.2) is 4.79 Å². The third kappa shape index (κ3) is 12.0. The average molecular weight is 537 g/mol. The number of phenolic OH excluding ortho intramolecular Hbond substituents is 1. The number of phenols is 1. The van der Waals surface area contributed by atoms with Crippen molar-refractivity contribution < 1.29 is 34.2 Å². The van der Waals surface area contributed by atoms with Crippen LogP contribution in [-0.4, -0.2) is 70.5 Å².